The van der Waals surface area contributed by atoms with Crippen LogP contribution in [-0.4, -0.2) is 54.7 Å². The Morgan fingerprint density at radius 3 is 2.33 bits per heavy atom. The normalized spacial score (nSPS) is 13.2. The summed E-state index contributed by atoms with van der Waals surface area (Å²) in [6.45, 7) is 6.09. The molecule has 3 N–H and O–H groups in total. The molecule has 0 aliphatic carbocycles. The molecule has 106 valence electrons. The number of hydrogen-bond acceptors (Lipinski definition) is 4. The van der Waals surface area contributed by atoms with Crippen molar-refractivity contribution in [2.45, 2.75) is 33.2 Å². The molecule has 1 amide bonds. The summed E-state index contributed by atoms with van der Waals surface area (Å²) in [4.78, 5) is 23.9. The van der Waals surface area contributed by atoms with Crippen LogP contribution in [0.5, 0.6) is 0 Å². The lowest BCUT2D eigenvalue weighted by atomic mass is 9.85. The van der Waals surface area contributed by atoms with E-state index < -0.39 is 5.97 Å². The van der Waals surface area contributed by atoms with Gasteiger partial charge in [0.05, 0.1) is 6.61 Å². The Labute approximate surface area is 108 Å². The molecule has 1 unspecified atom stereocenters. The number of nitrogens with zero attached hydrogens (tertiary/aromatic N) is 1. The van der Waals surface area contributed by atoms with Gasteiger partial charge in [0.15, 0.2) is 0 Å². The number of rotatable bonds is 7. The highest BCUT2D eigenvalue weighted by Crippen LogP contribution is 2.20. The molecule has 0 saturated heterocycles. The SMILES string of the molecule is COCCN(CC(=O)O)C(=O)CC(N)C(C)(C)C. The van der Waals surface area contributed by atoms with Crippen LogP contribution in [0.3, 0.4) is 0 Å². The van der Waals surface area contributed by atoms with Crippen molar-refractivity contribution in [1.29, 1.82) is 0 Å². The average Bonchev–Trinajstić information content (AvgIpc) is 2.22. The van der Waals surface area contributed by atoms with Crippen LogP contribution in [0, 0.1) is 5.41 Å². The second kappa shape index (κ2) is 7.33. The summed E-state index contributed by atoms with van der Waals surface area (Å²) in [6.07, 6.45) is 0.139. The van der Waals surface area contributed by atoms with Gasteiger partial charge in [0.25, 0.3) is 0 Å². The fourth-order valence-corrected chi connectivity index (χ4v) is 1.28. The molecule has 0 spiro atoms. The van der Waals surface area contributed by atoms with Gasteiger partial charge in [0, 0.05) is 26.1 Å². The monoisotopic (exact) mass is 260 g/mol. The molecule has 0 bridgehead atoms. The maximum atomic E-state index is 12.0. The van der Waals surface area contributed by atoms with Gasteiger partial charge in [0.2, 0.25) is 5.91 Å². The van der Waals surface area contributed by atoms with Crippen molar-refractivity contribution in [1.82, 2.24) is 4.90 Å². The summed E-state index contributed by atoms with van der Waals surface area (Å²) in [5.74, 6) is -1.29. The number of hydrogen-bond donors (Lipinski definition) is 2. The van der Waals surface area contributed by atoms with E-state index in [1.165, 1.54) is 12.0 Å². The summed E-state index contributed by atoms with van der Waals surface area (Å²) < 4.78 is 4.86. The number of nitrogens with two attached hydrogens (primary N) is 1. The van der Waals surface area contributed by atoms with Gasteiger partial charge < -0.3 is 20.5 Å². The zero-order chi connectivity index (χ0) is 14.3. The molecule has 0 saturated carbocycles. The Kier molecular flexibility index (Phi) is 6.86. The summed E-state index contributed by atoms with van der Waals surface area (Å²) in [5.41, 5.74) is 5.73. The molecule has 0 aliphatic heterocycles. The predicted octanol–water partition coefficient (Wildman–Crippen LogP) is 0.310. The van der Waals surface area contributed by atoms with Crippen molar-refractivity contribution in [2.24, 2.45) is 11.1 Å². The van der Waals surface area contributed by atoms with E-state index in [9.17, 15) is 9.59 Å². The first-order valence-electron chi connectivity index (χ1n) is 5.92. The van der Waals surface area contributed by atoms with Crippen molar-refractivity contribution in [3.8, 4) is 0 Å². The molecule has 0 aromatic rings. The van der Waals surface area contributed by atoms with Gasteiger partial charge in [-0.15, -0.1) is 0 Å². The van der Waals surface area contributed by atoms with Crippen LogP contribution < -0.4 is 5.73 Å². The third kappa shape index (κ3) is 6.56. The third-order valence-electron chi connectivity index (χ3n) is 2.75. The third-order valence-corrected chi connectivity index (χ3v) is 2.75. The van der Waals surface area contributed by atoms with Gasteiger partial charge >= 0.3 is 5.97 Å². The van der Waals surface area contributed by atoms with Crippen LogP contribution in [0.25, 0.3) is 0 Å². The second-order valence-corrected chi connectivity index (χ2v) is 5.38. The van der Waals surface area contributed by atoms with Gasteiger partial charge in [-0.1, -0.05) is 20.8 Å². The Hall–Kier alpha value is -1.14. The van der Waals surface area contributed by atoms with E-state index in [-0.39, 0.29) is 36.9 Å². The highest BCUT2D eigenvalue weighted by atomic mass is 16.5. The lowest BCUT2D eigenvalue weighted by Crippen LogP contribution is -2.44. The molecule has 0 aromatic heterocycles. The second-order valence-electron chi connectivity index (χ2n) is 5.38. The number of carbonyl (C=O) groups excluding carboxylic acids is 1. The van der Waals surface area contributed by atoms with Crippen molar-refractivity contribution >= 4 is 11.9 Å². The first-order valence-corrected chi connectivity index (χ1v) is 5.92. The zero-order valence-corrected chi connectivity index (χ0v) is 11.6. The Bertz CT molecular complexity index is 286. The molecule has 6 nitrogen and oxygen atoms in total. The average molecular weight is 260 g/mol. The minimum Gasteiger partial charge on any atom is -0.480 e. The maximum Gasteiger partial charge on any atom is 0.323 e. The van der Waals surface area contributed by atoms with E-state index in [0.29, 0.717) is 6.61 Å². The van der Waals surface area contributed by atoms with Crippen LogP contribution >= 0.6 is 0 Å². The highest BCUT2D eigenvalue weighted by Gasteiger charge is 2.26. The first-order chi connectivity index (χ1) is 8.18. The first kappa shape index (κ1) is 16.9. The Morgan fingerprint density at radius 2 is 1.94 bits per heavy atom. The van der Waals surface area contributed by atoms with Gasteiger partial charge in [-0.05, 0) is 5.41 Å². The highest BCUT2D eigenvalue weighted by molar-refractivity contribution is 5.81. The van der Waals surface area contributed by atoms with Crippen LogP contribution in [0.1, 0.15) is 27.2 Å². The number of carboxylic acid groups (broad SMARTS) is 1. The Balaban J connectivity index is 4.50. The minimum atomic E-state index is -1.04. The number of carbonyl (C=O) groups is 2. The molecule has 1 atom stereocenters. The molecular formula is C12H24N2O4. The quantitative estimate of drug-likeness (QED) is 0.687. The minimum absolute atomic E-state index is 0.139. The lowest BCUT2D eigenvalue weighted by molar-refractivity contribution is -0.145. The molecule has 0 aliphatic rings. The number of amides is 1. The van der Waals surface area contributed by atoms with Crippen molar-refractivity contribution in [3.05, 3.63) is 0 Å². The Morgan fingerprint density at radius 1 is 1.39 bits per heavy atom. The van der Waals surface area contributed by atoms with E-state index in [4.69, 9.17) is 15.6 Å². The molecule has 0 rings (SSSR count). The van der Waals surface area contributed by atoms with Gasteiger partial charge in [-0.2, -0.15) is 0 Å². The van der Waals surface area contributed by atoms with Gasteiger partial charge in [0.1, 0.15) is 6.54 Å². The van der Waals surface area contributed by atoms with E-state index >= 15 is 0 Å². The maximum absolute atomic E-state index is 12.0. The largest absolute Gasteiger partial charge is 0.480 e. The lowest BCUT2D eigenvalue weighted by Gasteiger charge is -2.29. The number of ether oxygens (including phenoxy) is 1. The topological polar surface area (TPSA) is 92.9 Å². The smallest absolute Gasteiger partial charge is 0.323 e. The molecule has 0 fully saturated rings. The standard InChI is InChI=1S/C12H24N2O4/c1-12(2,3)9(13)7-10(15)14(5-6-18-4)8-11(16)17/h9H,5-8,13H2,1-4H3,(H,16,17). The van der Waals surface area contributed by atoms with Gasteiger partial charge in [-0.25, -0.2) is 0 Å². The van der Waals surface area contributed by atoms with Crippen molar-refractivity contribution < 1.29 is 19.4 Å². The molecule has 6 heteroatoms. The van der Waals surface area contributed by atoms with Crippen LogP contribution in [-0.2, 0) is 14.3 Å². The molecule has 0 radical (unpaired) electrons. The van der Waals surface area contributed by atoms with E-state index in [1.54, 1.807) is 0 Å². The zero-order valence-electron chi connectivity index (χ0n) is 11.6. The van der Waals surface area contributed by atoms with E-state index in [2.05, 4.69) is 0 Å². The van der Waals surface area contributed by atoms with Crippen molar-refractivity contribution in [2.75, 3.05) is 26.8 Å². The molecule has 0 aromatic carbocycles. The summed E-state index contributed by atoms with van der Waals surface area (Å²) >= 11 is 0. The predicted molar refractivity (Wildman–Crippen MR) is 68.1 cm³/mol. The summed E-state index contributed by atoms with van der Waals surface area (Å²) in [6, 6.07) is -0.302. The number of carboxylic acids is 1. The fraction of sp³-hybridized carbons (Fsp3) is 0.833. The van der Waals surface area contributed by atoms with Crippen LogP contribution in [0.4, 0.5) is 0 Å². The fourth-order valence-electron chi connectivity index (χ4n) is 1.28. The van der Waals surface area contributed by atoms with Crippen molar-refractivity contribution in [3.63, 3.8) is 0 Å². The van der Waals surface area contributed by atoms with E-state index in [1.807, 2.05) is 20.8 Å². The van der Waals surface area contributed by atoms with Crippen LogP contribution in [0.2, 0.25) is 0 Å². The number of aliphatic carboxylic acids is 1. The summed E-state index contributed by atoms with van der Waals surface area (Å²) in [5, 5.41) is 8.76. The number of methoxy groups -OCH3 is 1. The summed E-state index contributed by atoms with van der Waals surface area (Å²) in [7, 11) is 1.50. The molecule has 0 heterocycles. The molecule has 18 heavy (non-hydrogen) atoms. The van der Waals surface area contributed by atoms with Gasteiger partial charge in [-0.3, -0.25) is 9.59 Å². The molecular weight excluding hydrogens is 236 g/mol. The van der Waals surface area contributed by atoms with E-state index in [0.717, 1.165) is 0 Å². The van der Waals surface area contributed by atoms with Crippen LogP contribution in [0.15, 0.2) is 0 Å².